The van der Waals surface area contributed by atoms with E-state index in [9.17, 15) is 4.79 Å². The van der Waals surface area contributed by atoms with Gasteiger partial charge in [0.2, 0.25) is 0 Å². The van der Waals surface area contributed by atoms with Crippen molar-refractivity contribution in [3.8, 4) is 5.75 Å². The van der Waals surface area contributed by atoms with Gasteiger partial charge >= 0.3 is 0 Å². The van der Waals surface area contributed by atoms with Gasteiger partial charge in [0.05, 0.1) is 0 Å². The average Bonchev–Trinajstić information content (AvgIpc) is 3.08. The molecule has 5 heteroatoms. The first-order valence-electron chi connectivity index (χ1n) is 11.6. The van der Waals surface area contributed by atoms with Crippen molar-refractivity contribution in [3.05, 3.63) is 29.3 Å². The highest BCUT2D eigenvalue weighted by molar-refractivity contribution is 5.96. The van der Waals surface area contributed by atoms with E-state index in [0.29, 0.717) is 6.04 Å². The molecule has 1 saturated carbocycles. The van der Waals surface area contributed by atoms with E-state index < -0.39 is 0 Å². The zero-order chi connectivity index (χ0) is 20.4. The second-order valence-electron chi connectivity index (χ2n) is 9.46. The highest BCUT2D eigenvalue weighted by Crippen LogP contribution is 2.28. The summed E-state index contributed by atoms with van der Waals surface area (Å²) in [5.41, 5.74) is 1.77. The van der Waals surface area contributed by atoms with Gasteiger partial charge in [-0.05, 0) is 76.6 Å². The van der Waals surface area contributed by atoms with E-state index >= 15 is 0 Å². The van der Waals surface area contributed by atoms with Crippen molar-refractivity contribution < 1.29 is 9.53 Å². The van der Waals surface area contributed by atoms with E-state index in [1.807, 2.05) is 25.1 Å². The highest BCUT2D eigenvalue weighted by atomic mass is 16.5. The molecule has 3 fully saturated rings. The third-order valence-electron chi connectivity index (χ3n) is 7.10. The summed E-state index contributed by atoms with van der Waals surface area (Å²) in [7, 11) is 0. The van der Waals surface area contributed by atoms with Gasteiger partial charge in [-0.15, -0.1) is 0 Å². The number of benzene rings is 1. The second kappa shape index (κ2) is 9.05. The number of rotatable bonds is 6. The predicted molar refractivity (Wildman–Crippen MR) is 117 cm³/mol. The van der Waals surface area contributed by atoms with Gasteiger partial charge < -0.3 is 15.0 Å². The van der Waals surface area contributed by atoms with Crippen LogP contribution in [0.5, 0.6) is 5.75 Å². The molecule has 0 aromatic heterocycles. The van der Waals surface area contributed by atoms with Crippen molar-refractivity contribution in [2.24, 2.45) is 0 Å². The van der Waals surface area contributed by atoms with Gasteiger partial charge in [-0.1, -0.05) is 6.42 Å². The first-order valence-corrected chi connectivity index (χ1v) is 11.6. The molecule has 0 radical (unpaired) electrons. The van der Waals surface area contributed by atoms with E-state index in [-0.39, 0.29) is 18.1 Å². The molecule has 0 bridgehead atoms. The van der Waals surface area contributed by atoms with Gasteiger partial charge in [-0.2, -0.15) is 0 Å². The molecule has 1 aliphatic carbocycles. The minimum Gasteiger partial charge on any atom is -0.490 e. The number of nitrogens with one attached hydrogen (secondary N) is 1. The molecule has 29 heavy (non-hydrogen) atoms. The van der Waals surface area contributed by atoms with Crippen LogP contribution in [0.4, 0.5) is 0 Å². The summed E-state index contributed by atoms with van der Waals surface area (Å²) in [6.07, 6.45) is 7.51. The molecule has 0 spiro atoms. The summed E-state index contributed by atoms with van der Waals surface area (Å²) in [4.78, 5) is 17.9. The molecule has 3 aliphatic rings. The Morgan fingerprint density at radius 1 is 1.10 bits per heavy atom. The molecular formula is C24H37N3O2. The highest BCUT2D eigenvalue weighted by Gasteiger charge is 2.32. The molecular weight excluding hydrogens is 362 g/mol. The van der Waals surface area contributed by atoms with E-state index in [1.165, 1.54) is 19.3 Å². The van der Waals surface area contributed by atoms with Crippen molar-refractivity contribution in [1.29, 1.82) is 0 Å². The first kappa shape index (κ1) is 20.7. The second-order valence-corrected chi connectivity index (χ2v) is 9.46. The Balaban J connectivity index is 1.28. The van der Waals surface area contributed by atoms with Crippen LogP contribution in [-0.4, -0.2) is 66.1 Å². The molecule has 1 aromatic rings. The third kappa shape index (κ3) is 4.95. The van der Waals surface area contributed by atoms with Crippen LogP contribution in [0.15, 0.2) is 18.2 Å². The Labute approximate surface area is 175 Å². The molecule has 1 aromatic carbocycles. The summed E-state index contributed by atoms with van der Waals surface area (Å²) in [5, 5.41) is 3.26. The zero-order valence-corrected chi connectivity index (χ0v) is 18.3. The van der Waals surface area contributed by atoms with Crippen LogP contribution in [0, 0.1) is 6.92 Å². The van der Waals surface area contributed by atoms with Gasteiger partial charge in [-0.25, -0.2) is 0 Å². The molecule has 1 N–H and O–H groups in total. The number of nitrogens with zero attached hydrogens (tertiary/aromatic N) is 2. The van der Waals surface area contributed by atoms with Crippen molar-refractivity contribution in [2.75, 3.05) is 26.2 Å². The fourth-order valence-corrected chi connectivity index (χ4v) is 4.92. The quantitative estimate of drug-likeness (QED) is 0.794. The molecule has 1 unspecified atom stereocenters. The van der Waals surface area contributed by atoms with Crippen LogP contribution in [-0.2, 0) is 0 Å². The predicted octanol–water partition coefficient (Wildman–Crippen LogP) is 3.60. The number of ether oxygens (including phenoxy) is 1. The largest absolute Gasteiger partial charge is 0.490 e. The van der Waals surface area contributed by atoms with Gasteiger partial charge in [0.25, 0.3) is 5.91 Å². The minimum atomic E-state index is 0.0553. The SMILES string of the molecule is Cc1cc(OC2CCN(C(C)C)CC2)ccc1C(=O)NC1CCN(C2CCC2)C1. The number of hydrogen-bond acceptors (Lipinski definition) is 4. The number of carbonyl (C=O) groups excluding carboxylic acids is 1. The topological polar surface area (TPSA) is 44.8 Å². The van der Waals surface area contributed by atoms with Gasteiger partial charge in [0, 0.05) is 49.9 Å². The van der Waals surface area contributed by atoms with Crippen LogP contribution in [0.25, 0.3) is 0 Å². The normalized spacial score (nSPS) is 24.6. The molecule has 2 aliphatic heterocycles. The van der Waals surface area contributed by atoms with E-state index in [0.717, 1.165) is 68.4 Å². The molecule has 5 nitrogen and oxygen atoms in total. The van der Waals surface area contributed by atoms with Crippen LogP contribution < -0.4 is 10.1 Å². The van der Waals surface area contributed by atoms with E-state index in [2.05, 4.69) is 29.0 Å². The lowest BCUT2D eigenvalue weighted by atomic mass is 9.92. The van der Waals surface area contributed by atoms with Crippen molar-refractivity contribution in [1.82, 2.24) is 15.1 Å². The number of likely N-dealkylation sites (tertiary alicyclic amines) is 2. The Hall–Kier alpha value is -1.59. The molecule has 160 valence electrons. The Morgan fingerprint density at radius 2 is 1.86 bits per heavy atom. The van der Waals surface area contributed by atoms with Gasteiger partial charge in [-0.3, -0.25) is 9.69 Å². The lowest BCUT2D eigenvalue weighted by Crippen LogP contribution is -2.42. The fraction of sp³-hybridized carbons (Fsp3) is 0.708. The molecule has 4 rings (SSSR count). The molecule has 1 atom stereocenters. The summed E-state index contributed by atoms with van der Waals surface area (Å²) in [5.74, 6) is 0.943. The number of hydrogen-bond donors (Lipinski definition) is 1. The standard InChI is InChI=1S/C24H37N3O2/c1-17(2)26-13-10-21(11-14-26)29-22-7-8-23(18(3)15-22)24(28)25-19-9-12-27(16-19)20-5-4-6-20/h7-8,15,17,19-21H,4-6,9-14,16H2,1-3H3,(H,25,28). The van der Waals surface area contributed by atoms with Crippen LogP contribution in [0.3, 0.4) is 0 Å². The van der Waals surface area contributed by atoms with E-state index in [4.69, 9.17) is 4.74 Å². The Morgan fingerprint density at radius 3 is 2.48 bits per heavy atom. The van der Waals surface area contributed by atoms with Crippen LogP contribution in [0.1, 0.15) is 68.3 Å². The van der Waals surface area contributed by atoms with E-state index in [1.54, 1.807) is 0 Å². The molecule has 1 amide bonds. The van der Waals surface area contributed by atoms with Crippen molar-refractivity contribution >= 4 is 5.91 Å². The van der Waals surface area contributed by atoms with Crippen molar-refractivity contribution in [2.45, 2.75) is 83.5 Å². The smallest absolute Gasteiger partial charge is 0.251 e. The van der Waals surface area contributed by atoms with Crippen LogP contribution >= 0.6 is 0 Å². The van der Waals surface area contributed by atoms with Gasteiger partial charge in [0.15, 0.2) is 0 Å². The number of carbonyl (C=O) groups is 1. The average molecular weight is 400 g/mol. The Bertz CT molecular complexity index is 708. The number of aryl methyl sites for hydroxylation is 1. The number of amides is 1. The van der Waals surface area contributed by atoms with Gasteiger partial charge in [0.1, 0.15) is 11.9 Å². The first-order chi connectivity index (χ1) is 14.0. The maximum absolute atomic E-state index is 12.8. The lowest BCUT2D eigenvalue weighted by Gasteiger charge is -2.34. The zero-order valence-electron chi connectivity index (χ0n) is 18.3. The molecule has 2 saturated heterocycles. The van der Waals surface area contributed by atoms with Crippen LogP contribution in [0.2, 0.25) is 0 Å². The Kier molecular flexibility index (Phi) is 6.45. The number of piperidine rings is 1. The maximum atomic E-state index is 12.8. The summed E-state index contributed by atoms with van der Waals surface area (Å²) in [6.45, 7) is 10.8. The molecule has 2 heterocycles. The summed E-state index contributed by atoms with van der Waals surface area (Å²) < 4.78 is 6.23. The maximum Gasteiger partial charge on any atom is 0.251 e. The fourth-order valence-electron chi connectivity index (χ4n) is 4.92. The lowest BCUT2D eigenvalue weighted by molar-refractivity contribution is 0.0842. The van der Waals surface area contributed by atoms with Crippen molar-refractivity contribution in [3.63, 3.8) is 0 Å². The monoisotopic (exact) mass is 399 g/mol. The minimum absolute atomic E-state index is 0.0553. The summed E-state index contributed by atoms with van der Waals surface area (Å²) in [6, 6.07) is 7.58. The summed E-state index contributed by atoms with van der Waals surface area (Å²) >= 11 is 0. The third-order valence-corrected chi connectivity index (χ3v) is 7.10.